The predicted octanol–water partition coefficient (Wildman–Crippen LogP) is 6.11. The van der Waals surface area contributed by atoms with Crippen molar-refractivity contribution in [3.05, 3.63) is 91.0 Å². The van der Waals surface area contributed by atoms with Crippen molar-refractivity contribution in [2.75, 3.05) is 0 Å². The molecule has 3 aromatic heterocycles. The van der Waals surface area contributed by atoms with E-state index < -0.39 is 10.1 Å². The molecule has 0 atom stereocenters. The van der Waals surface area contributed by atoms with E-state index in [9.17, 15) is 13.0 Å². The molecule has 220 valence electrons. The van der Waals surface area contributed by atoms with Crippen molar-refractivity contribution in [3.8, 4) is 45.6 Å². The number of aromatic nitrogens is 8. The number of hydrogen-bond acceptors (Lipinski definition) is 8. The molecule has 13 heteroatoms. The summed E-state index contributed by atoms with van der Waals surface area (Å²) in [6.07, 6.45) is 0. The van der Waals surface area contributed by atoms with Crippen LogP contribution in [-0.2, 0) is 30.5 Å². The molecule has 11 nitrogen and oxygen atoms in total. The molecule has 0 unspecified atom stereocenters. The third-order valence-corrected chi connectivity index (χ3v) is 8.72. The van der Waals surface area contributed by atoms with Gasteiger partial charge in [-0.05, 0) is 6.07 Å². The first-order chi connectivity index (χ1) is 21.4. The van der Waals surface area contributed by atoms with Crippen LogP contribution in [0.3, 0.4) is 0 Å². The van der Waals surface area contributed by atoms with Gasteiger partial charge in [0.25, 0.3) is 10.1 Å². The molecule has 0 aliphatic carbocycles. The number of rotatable bonds is 1. The van der Waals surface area contributed by atoms with Gasteiger partial charge in [-0.15, -0.1) is 0 Å². The van der Waals surface area contributed by atoms with Crippen LogP contribution in [0.4, 0.5) is 0 Å². The van der Waals surface area contributed by atoms with Crippen LogP contribution in [0.25, 0.3) is 89.7 Å². The molecule has 0 radical (unpaired) electrons. The summed E-state index contributed by atoms with van der Waals surface area (Å²) < 4.78 is 35.2. The summed E-state index contributed by atoms with van der Waals surface area (Å²) in [5.74, 6) is 1.60. The maximum atomic E-state index is 12.5. The number of benzene rings is 4. The molecule has 0 amide bonds. The van der Waals surface area contributed by atoms with Gasteiger partial charge in [-0.2, -0.15) is 8.42 Å². The van der Waals surface area contributed by atoms with Crippen molar-refractivity contribution in [2.45, 2.75) is 4.90 Å². The molecule has 9 rings (SSSR count). The molecule has 8 bridgehead atoms. The van der Waals surface area contributed by atoms with Crippen molar-refractivity contribution >= 4 is 54.3 Å². The minimum absolute atomic E-state index is 0. The Morgan fingerprint density at radius 2 is 0.844 bits per heavy atom. The zero-order valence-electron chi connectivity index (χ0n) is 22.8. The average molecular weight is 701 g/mol. The molecule has 2 aliphatic rings. The molecule has 45 heavy (non-hydrogen) atoms. The van der Waals surface area contributed by atoms with Crippen molar-refractivity contribution in [3.63, 3.8) is 0 Å². The summed E-state index contributed by atoms with van der Waals surface area (Å²) in [5, 5.41) is 2.36. The van der Waals surface area contributed by atoms with Gasteiger partial charge in [-0.3, -0.25) is 4.55 Å². The Bertz CT molecular complexity index is 2660. The van der Waals surface area contributed by atoms with E-state index in [4.69, 9.17) is 29.9 Å². The fourth-order valence-corrected chi connectivity index (χ4v) is 6.59. The largest absolute Gasteiger partial charge is 0.324 e. The van der Waals surface area contributed by atoms with Crippen molar-refractivity contribution in [1.82, 2.24) is 39.9 Å². The maximum absolute atomic E-state index is 12.5. The van der Waals surface area contributed by atoms with Crippen molar-refractivity contribution < 1.29 is 33.4 Å². The van der Waals surface area contributed by atoms with Gasteiger partial charge in [0.1, 0.15) is 27.5 Å². The summed E-state index contributed by atoms with van der Waals surface area (Å²) in [6, 6.07) is 27.6. The van der Waals surface area contributed by atoms with Crippen LogP contribution in [0, 0.1) is 0 Å². The molecule has 0 spiro atoms. The molecule has 0 fully saturated rings. The van der Waals surface area contributed by atoms with Gasteiger partial charge in [0.15, 0.2) is 23.3 Å². The molecule has 5 heterocycles. The summed E-state index contributed by atoms with van der Waals surface area (Å²) in [5.41, 5.74) is 4.68. The minimum Gasteiger partial charge on any atom is -0.324 e. The first kappa shape index (κ1) is 27.4. The normalized spacial score (nSPS) is 12.1. The van der Waals surface area contributed by atoms with E-state index in [-0.39, 0.29) is 36.4 Å². The van der Waals surface area contributed by atoms with Gasteiger partial charge in [0.2, 0.25) is 0 Å². The number of nitrogens with one attached hydrogen (secondary N) is 2. The van der Waals surface area contributed by atoms with Gasteiger partial charge in [-0.1, -0.05) is 84.9 Å². The van der Waals surface area contributed by atoms with Gasteiger partial charge < -0.3 is 9.97 Å². The second-order valence-corrected chi connectivity index (χ2v) is 11.8. The summed E-state index contributed by atoms with van der Waals surface area (Å²) in [6.45, 7) is 0. The van der Waals surface area contributed by atoms with Crippen molar-refractivity contribution in [1.29, 1.82) is 0 Å². The Kier molecular flexibility index (Phi) is 6.03. The Hall–Kier alpha value is -5.19. The van der Waals surface area contributed by atoms with Gasteiger partial charge >= 0.3 is 0 Å². The topological polar surface area (TPSA) is 163 Å². The predicted molar refractivity (Wildman–Crippen MR) is 166 cm³/mol. The van der Waals surface area contributed by atoms with Crippen LogP contribution in [0.2, 0.25) is 0 Å². The summed E-state index contributed by atoms with van der Waals surface area (Å²) in [7, 11) is -4.62. The molecule has 4 aromatic carbocycles. The van der Waals surface area contributed by atoms with E-state index in [1.54, 1.807) is 12.1 Å². The van der Waals surface area contributed by atoms with E-state index >= 15 is 0 Å². The second kappa shape index (κ2) is 9.91. The molecule has 2 aliphatic heterocycles. The first-order valence-electron chi connectivity index (χ1n) is 13.6. The van der Waals surface area contributed by atoms with Crippen LogP contribution in [-0.4, -0.2) is 52.8 Å². The third kappa shape index (κ3) is 4.21. The average Bonchev–Trinajstić information content (AvgIpc) is 3.76. The van der Waals surface area contributed by atoms with E-state index in [0.717, 1.165) is 33.0 Å². The van der Waals surface area contributed by atoms with Crippen molar-refractivity contribution in [2.24, 2.45) is 0 Å². The smallest absolute Gasteiger partial charge is 0.295 e. The summed E-state index contributed by atoms with van der Waals surface area (Å²) in [4.78, 5) is 35.4. The van der Waals surface area contributed by atoms with E-state index in [0.29, 0.717) is 45.6 Å². The molecular weight excluding hydrogens is 683 g/mol. The maximum Gasteiger partial charge on any atom is 0.295 e. The molecule has 7 aromatic rings. The summed E-state index contributed by atoms with van der Waals surface area (Å²) >= 11 is 0. The molecule has 0 saturated carbocycles. The van der Waals surface area contributed by atoms with Crippen LogP contribution >= 0.6 is 0 Å². The first-order valence-corrected chi connectivity index (χ1v) is 15.1. The Balaban J connectivity index is 0.00000300. The number of hydrogen-bond donors (Lipinski definition) is 3. The monoisotopic (exact) mass is 700 g/mol. The number of H-pyrrole nitrogens is 2. The Morgan fingerprint density at radius 1 is 0.467 bits per heavy atom. The SMILES string of the molecule is O=S(=O)(O)c1cccc2c3nc4nc(nc5[nH]c(nc6nc(nc([nH]3)c12)-c1ccccc1-6)c1ccccc51)-c1ccccc1-4.[Pd]. The van der Waals surface area contributed by atoms with Crippen LogP contribution in [0.1, 0.15) is 0 Å². The zero-order valence-corrected chi connectivity index (χ0v) is 25.2. The molecule has 0 saturated heterocycles. The van der Waals surface area contributed by atoms with Crippen LogP contribution < -0.4 is 0 Å². The van der Waals surface area contributed by atoms with Gasteiger partial charge in [0.05, 0.1) is 0 Å². The number of aromatic amines is 2. The van der Waals surface area contributed by atoms with Gasteiger partial charge in [0, 0.05) is 64.2 Å². The number of nitrogens with zero attached hydrogens (tertiary/aromatic N) is 6. The van der Waals surface area contributed by atoms with Crippen LogP contribution in [0.5, 0.6) is 0 Å². The molecular formula is C32H18N8O3PdS. The van der Waals surface area contributed by atoms with Crippen LogP contribution in [0.15, 0.2) is 95.9 Å². The minimum atomic E-state index is -4.62. The Labute approximate surface area is 267 Å². The Morgan fingerprint density at radius 3 is 1.31 bits per heavy atom. The van der Waals surface area contributed by atoms with E-state index in [2.05, 4.69) is 9.97 Å². The quantitative estimate of drug-likeness (QED) is 0.135. The fraction of sp³-hybridized carbons (Fsp3) is 0. The number of fused-ring (bicyclic) bond motifs is 20. The van der Waals surface area contributed by atoms with E-state index in [1.165, 1.54) is 6.07 Å². The molecule has 3 N–H and O–H groups in total. The standard InChI is InChI=1S/C32H18N8O3S.Pd/c41-44(42,43)23-15-7-14-22-24(23)32-39-30-21-13-6-5-12-20(21)28(37-30)35-26-17-9-2-1-8-16(17)25(33-26)34-27-18-10-3-4-11-19(18)29(36-27)38-31(22)40-32;/h1-15H,(H,41,42,43)(H2,33,34,35,36,37,38,39,40);. The third-order valence-electron chi connectivity index (χ3n) is 7.82. The fourth-order valence-electron chi connectivity index (χ4n) is 5.87. The van der Waals surface area contributed by atoms with E-state index in [1.807, 2.05) is 72.8 Å². The second-order valence-electron chi connectivity index (χ2n) is 10.4. The zero-order chi connectivity index (χ0) is 29.6. The van der Waals surface area contributed by atoms with Gasteiger partial charge in [-0.25, -0.2) is 29.9 Å².